The van der Waals surface area contributed by atoms with Crippen LogP contribution >= 0.6 is 0 Å². The number of hydrogen-bond acceptors (Lipinski definition) is 4. The number of hydrogen-bond donors (Lipinski definition) is 2. The van der Waals surface area contributed by atoms with E-state index < -0.39 is 11.9 Å². The van der Waals surface area contributed by atoms with E-state index in [-0.39, 0.29) is 6.54 Å². The standard InChI is InChI=1S/C10H11N5O2/c1-11-10(17)12-9(16)6-15-8-5-3-2-4-7(8)13-14-15/h2-5H,6H2,1H3,(H2,11,12,16,17). The van der Waals surface area contributed by atoms with Crippen LogP contribution in [0.15, 0.2) is 24.3 Å². The molecular weight excluding hydrogens is 222 g/mol. The molecule has 0 aliphatic rings. The zero-order chi connectivity index (χ0) is 12.3. The molecule has 0 fully saturated rings. The van der Waals surface area contributed by atoms with Gasteiger partial charge in [0.25, 0.3) is 0 Å². The van der Waals surface area contributed by atoms with Crippen LogP contribution in [0.2, 0.25) is 0 Å². The molecule has 2 N–H and O–H groups in total. The predicted molar refractivity (Wildman–Crippen MR) is 60.1 cm³/mol. The van der Waals surface area contributed by atoms with Gasteiger partial charge in [0, 0.05) is 7.05 Å². The van der Waals surface area contributed by atoms with E-state index in [9.17, 15) is 9.59 Å². The highest BCUT2D eigenvalue weighted by Gasteiger charge is 2.10. The SMILES string of the molecule is CNC(=O)NC(=O)Cn1nnc2ccccc21. The largest absolute Gasteiger partial charge is 0.341 e. The van der Waals surface area contributed by atoms with Crippen molar-refractivity contribution in [3.05, 3.63) is 24.3 Å². The van der Waals surface area contributed by atoms with E-state index in [0.717, 1.165) is 5.52 Å². The number of rotatable bonds is 2. The van der Waals surface area contributed by atoms with Crippen LogP contribution in [-0.2, 0) is 11.3 Å². The lowest BCUT2D eigenvalue weighted by molar-refractivity contribution is -0.120. The maximum Gasteiger partial charge on any atom is 0.321 e. The Bertz CT molecular complexity index is 563. The highest BCUT2D eigenvalue weighted by Crippen LogP contribution is 2.08. The first-order chi connectivity index (χ1) is 8.20. The van der Waals surface area contributed by atoms with Crippen molar-refractivity contribution in [1.29, 1.82) is 0 Å². The van der Waals surface area contributed by atoms with E-state index in [0.29, 0.717) is 5.52 Å². The molecule has 7 heteroatoms. The van der Waals surface area contributed by atoms with Crippen LogP contribution in [0.3, 0.4) is 0 Å². The van der Waals surface area contributed by atoms with Crippen molar-refractivity contribution in [2.45, 2.75) is 6.54 Å². The van der Waals surface area contributed by atoms with E-state index in [1.54, 1.807) is 6.07 Å². The van der Waals surface area contributed by atoms with Gasteiger partial charge in [0.15, 0.2) is 0 Å². The van der Waals surface area contributed by atoms with Crippen molar-refractivity contribution in [2.24, 2.45) is 0 Å². The maximum absolute atomic E-state index is 11.5. The van der Waals surface area contributed by atoms with E-state index >= 15 is 0 Å². The van der Waals surface area contributed by atoms with Crippen LogP contribution in [0.4, 0.5) is 4.79 Å². The molecule has 0 saturated heterocycles. The van der Waals surface area contributed by atoms with E-state index in [1.807, 2.05) is 18.2 Å². The summed E-state index contributed by atoms with van der Waals surface area (Å²) in [6.45, 7) is -0.0477. The first-order valence-corrected chi connectivity index (χ1v) is 5.00. The lowest BCUT2D eigenvalue weighted by Crippen LogP contribution is -2.39. The molecule has 1 aromatic carbocycles. The molecule has 0 atom stereocenters. The summed E-state index contributed by atoms with van der Waals surface area (Å²) in [5.41, 5.74) is 1.46. The molecule has 1 aromatic heterocycles. The van der Waals surface area contributed by atoms with Gasteiger partial charge in [-0.15, -0.1) is 5.10 Å². The normalized spacial score (nSPS) is 10.2. The molecule has 17 heavy (non-hydrogen) atoms. The highest BCUT2D eigenvalue weighted by molar-refractivity contribution is 5.94. The van der Waals surface area contributed by atoms with Crippen LogP contribution in [-0.4, -0.2) is 34.0 Å². The number of carbonyl (C=O) groups excluding carboxylic acids is 2. The number of nitrogens with one attached hydrogen (secondary N) is 2. The number of amides is 3. The van der Waals surface area contributed by atoms with Crippen LogP contribution in [0, 0.1) is 0 Å². The van der Waals surface area contributed by atoms with Crippen LogP contribution in [0.25, 0.3) is 11.0 Å². The van der Waals surface area contributed by atoms with Gasteiger partial charge in [-0.2, -0.15) is 0 Å². The minimum atomic E-state index is -0.542. The summed E-state index contributed by atoms with van der Waals surface area (Å²) in [6.07, 6.45) is 0. The monoisotopic (exact) mass is 233 g/mol. The Morgan fingerprint density at radius 2 is 2.12 bits per heavy atom. The minimum absolute atomic E-state index is 0.0477. The first kappa shape index (κ1) is 11.1. The number of para-hydroxylation sites is 1. The van der Waals surface area contributed by atoms with Gasteiger partial charge in [-0.3, -0.25) is 10.1 Å². The lowest BCUT2D eigenvalue weighted by atomic mass is 10.3. The summed E-state index contributed by atoms with van der Waals surface area (Å²) in [4.78, 5) is 22.4. The summed E-state index contributed by atoms with van der Waals surface area (Å²) >= 11 is 0. The van der Waals surface area contributed by atoms with Gasteiger partial charge in [-0.1, -0.05) is 17.3 Å². The third-order valence-corrected chi connectivity index (χ3v) is 2.19. The molecule has 88 valence electrons. The molecule has 0 unspecified atom stereocenters. The molecule has 1 heterocycles. The average molecular weight is 233 g/mol. The van der Waals surface area contributed by atoms with Crippen molar-refractivity contribution < 1.29 is 9.59 Å². The number of benzene rings is 1. The summed E-state index contributed by atoms with van der Waals surface area (Å²) in [7, 11) is 1.44. The molecule has 3 amide bonds. The predicted octanol–water partition coefficient (Wildman–Crippen LogP) is -0.113. The Labute approximate surface area is 96.8 Å². The van der Waals surface area contributed by atoms with E-state index in [1.165, 1.54) is 11.7 Å². The third-order valence-electron chi connectivity index (χ3n) is 2.19. The zero-order valence-electron chi connectivity index (χ0n) is 9.17. The van der Waals surface area contributed by atoms with Crippen molar-refractivity contribution in [3.8, 4) is 0 Å². The molecule has 0 aliphatic heterocycles. The summed E-state index contributed by atoms with van der Waals surface area (Å²) in [5.74, 6) is -0.444. The lowest BCUT2D eigenvalue weighted by Gasteiger charge is -2.03. The average Bonchev–Trinajstić information content (AvgIpc) is 2.72. The van der Waals surface area contributed by atoms with Crippen LogP contribution in [0.1, 0.15) is 0 Å². The fourth-order valence-electron chi connectivity index (χ4n) is 1.40. The molecule has 2 aromatic rings. The van der Waals surface area contributed by atoms with Crippen molar-refractivity contribution in [2.75, 3.05) is 7.05 Å². The molecule has 0 radical (unpaired) electrons. The zero-order valence-corrected chi connectivity index (χ0v) is 9.17. The van der Waals surface area contributed by atoms with Gasteiger partial charge in [0.1, 0.15) is 12.1 Å². The molecule has 0 saturated carbocycles. The molecule has 0 spiro atoms. The van der Waals surface area contributed by atoms with Gasteiger partial charge in [-0.25, -0.2) is 9.48 Å². The second-order valence-electron chi connectivity index (χ2n) is 3.36. The number of fused-ring (bicyclic) bond motifs is 1. The van der Waals surface area contributed by atoms with Gasteiger partial charge in [0.2, 0.25) is 5.91 Å². The molecule has 0 aliphatic carbocycles. The molecule has 2 rings (SSSR count). The van der Waals surface area contributed by atoms with Crippen LogP contribution in [0.5, 0.6) is 0 Å². The van der Waals surface area contributed by atoms with Gasteiger partial charge in [0.05, 0.1) is 5.52 Å². The maximum atomic E-state index is 11.5. The number of nitrogens with zero attached hydrogens (tertiary/aromatic N) is 3. The Kier molecular flexibility index (Phi) is 2.99. The smallest absolute Gasteiger partial charge is 0.321 e. The quantitative estimate of drug-likeness (QED) is 0.757. The topological polar surface area (TPSA) is 88.9 Å². The van der Waals surface area contributed by atoms with Gasteiger partial charge >= 0.3 is 6.03 Å². The van der Waals surface area contributed by atoms with Crippen molar-refractivity contribution in [1.82, 2.24) is 25.6 Å². The Morgan fingerprint density at radius 1 is 1.35 bits per heavy atom. The molecular formula is C10H11N5O2. The van der Waals surface area contributed by atoms with Crippen LogP contribution < -0.4 is 10.6 Å². The highest BCUT2D eigenvalue weighted by atomic mass is 16.2. The summed E-state index contributed by atoms with van der Waals surface area (Å²) in [6, 6.07) is 6.74. The van der Waals surface area contributed by atoms with Gasteiger partial charge < -0.3 is 5.32 Å². The summed E-state index contributed by atoms with van der Waals surface area (Å²) < 4.78 is 1.44. The van der Waals surface area contributed by atoms with E-state index in [4.69, 9.17) is 0 Å². The third kappa shape index (κ3) is 2.39. The van der Waals surface area contributed by atoms with Gasteiger partial charge in [-0.05, 0) is 12.1 Å². The Morgan fingerprint density at radius 3 is 2.88 bits per heavy atom. The number of urea groups is 1. The minimum Gasteiger partial charge on any atom is -0.341 e. The fourth-order valence-corrected chi connectivity index (χ4v) is 1.40. The second kappa shape index (κ2) is 4.60. The first-order valence-electron chi connectivity index (χ1n) is 5.00. The number of aromatic nitrogens is 3. The molecule has 0 bridgehead atoms. The van der Waals surface area contributed by atoms with Crippen molar-refractivity contribution >= 4 is 23.0 Å². The Hall–Kier alpha value is -2.44. The fraction of sp³-hybridized carbons (Fsp3) is 0.200. The summed E-state index contributed by atoms with van der Waals surface area (Å²) in [5, 5.41) is 12.2. The molecule has 7 nitrogen and oxygen atoms in total. The van der Waals surface area contributed by atoms with E-state index in [2.05, 4.69) is 20.9 Å². The number of imide groups is 1. The second-order valence-corrected chi connectivity index (χ2v) is 3.36. The van der Waals surface area contributed by atoms with Crippen molar-refractivity contribution in [3.63, 3.8) is 0 Å². The number of carbonyl (C=O) groups is 2. The Balaban J connectivity index is 2.13.